The molecular weight excluding hydrogens is 238 g/mol. The average Bonchev–Trinajstić information content (AvgIpc) is 2.93. The molecule has 1 aliphatic rings. The molecule has 2 heteroatoms. The van der Waals surface area contributed by atoms with Crippen LogP contribution in [-0.2, 0) is 6.42 Å². The monoisotopic (exact) mass is 257 g/mol. The third-order valence-corrected chi connectivity index (χ3v) is 4.70. The van der Waals surface area contributed by atoms with Gasteiger partial charge in [0.05, 0.1) is 0 Å². The van der Waals surface area contributed by atoms with E-state index < -0.39 is 0 Å². The maximum Gasteiger partial charge on any atom is 0.0308 e. The van der Waals surface area contributed by atoms with Crippen LogP contribution < -0.4 is 5.73 Å². The van der Waals surface area contributed by atoms with Gasteiger partial charge in [0, 0.05) is 6.04 Å². The van der Waals surface area contributed by atoms with Crippen molar-refractivity contribution in [2.75, 3.05) is 0 Å². The van der Waals surface area contributed by atoms with Crippen molar-refractivity contribution in [2.45, 2.75) is 37.6 Å². The summed E-state index contributed by atoms with van der Waals surface area (Å²) in [6, 6.07) is 11.2. The molecule has 2 aromatic rings. The summed E-state index contributed by atoms with van der Waals surface area (Å²) in [7, 11) is 0. The first kappa shape index (κ1) is 11.9. The van der Waals surface area contributed by atoms with Gasteiger partial charge in [-0.3, -0.25) is 0 Å². The Hall–Kier alpha value is -1.12. The molecule has 0 amide bonds. The maximum absolute atomic E-state index is 6.33. The van der Waals surface area contributed by atoms with Gasteiger partial charge in [-0.05, 0) is 65.1 Å². The van der Waals surface area contributed by atoms with Crippen molar-refractivity contribution in [3.05, 3.63) is 57.8 Å². The zero-order valence-electron chi connectivity index (χ0n) is 10.5. The van der Waals surface area contributed by atoms with Crippen molar-refractivity contribution < 1.29 is 0 Å². The maximum atomic E-state index is 6.33. The lowest BCUT2D eigenvalue weighted by Crippen LogP contribution is -2.17. The predicted octanol–water partition coefficient (Wildman–Crippen LogP) is 4.26. The summed E-state index contributed by atoms with van der Waals surface area (Å²) in [5.41, 5.74) is 10.7. The number of benzene rings is 1. The lowest BCUT2D eigenvalue weighted by molar-refractivity contribution is 0.477. The van der Waals surface area contributed by atoms with Crippen LogP contribution in [0.4, 0.5) is 0 Å². The number of thiophene rings is 1. The van der Waals surface area contributed by atoms with Crippen molar-refractivity contribution in [1.29, 1.82) is 0 Å². The molecule has 18 heavy (non-hydrogen) atoms. The third kappa shape index (κ3) is 2.36. The molecule has 1 heterocycles. The van der Waals surface area contributed by atoms with E-state index in [-0.39, 0.29) is 6.04 Å². The van der Waals surface area contributed by atoms with Crippen LogP contribution in [0.15, 0.2) is 41.1 Å². The first-order valence-electron chi connectivity index (χ1n) is 6.70. The van der Waals surface area contributed by atoms with Gasteiger partial charge in [-0.1, -0.05) is 24.3 Å². The molecule has 1 aromatic heterocycles. The largest absolute Gasteiger partial charge is 0.324 e. The second kappa shape index (κ2) is 5.25. The van der Waals surface area contributed by atoms with Gasteiger partial charge < -0.3 is 5.73 Å². The number of rotatable bonds is 3. The highest BCUT2D eigenvalue weighted by molar-refractivity contribution is 7.07. The first-order valence-corrected chi connectivity index (χ1v) is 7.64. The molecule has 94 valence electrons. The minimum Gasteiger partial charge on any atom is -0.324 e. The van der Waals surface area contributed by atoms with Crippen LogP contribution in [0.1, 0.15) is 47.9 Å². The Balaban J connectivity index is 1.78. The van der Waals surface area contributed by atoms with Crippen molar-refractivity contribution in [1.82, 2.24) is 0 Å². The molecule has 0 saturated heterocycles. The molecule has 0 bridgehead atoms. The van der Waals surface area contributed by atoms with Crippen LogP contribution >= 0.6 is 11.3 Å². The predicted molar refractivity (Wildman–Crippen MR) is 78.0 cm³/mol. The van der Waals surface area contributed by atoms with Crippen LogP contribution in [0.5, 0.6) is 0 Å². The van der Waals surface area contributed by atoms with Crippen LogP contribution in [0.25, 0.3) is 0 Å². The van der Waals surface area contributed by atoms with E-state index in [9.17, 15) is 0 Å². The van der Waals surface area contributed by atoms with E-state index in [0.29, 0.717) is 5.92 Å². The van der Waals surface area contributed by atoms with Gasteiger partial charge in [-0.15, -0.1) is 0 Å². The molecule has 2 N–H and O–H groups in total. The molecule has 0 spiro atoms. The van der Waals surface area contributed by atoms with Crippen LogP contribution in [0.3, 0.4) is 0 Å². The van der Waals surface area contributed by atoms with Gasteiger partial charge in [0.25, 0.3) is 0 Å². The fourth-order valence-electron chi connectivity index (χ4n) is 3.03. The zero-order valence-corrected chi connectivity index (χ0v) is 11.3. The standard InChI is InChI=1S/C16H19NS/c17-16(14-8-9-18-11-14)10-13-6-3-5-12-4-1-2-7-15(12)13/h1-2,4,7-9,11,13,16H,3,5-6,10,17H2. The number of hydrogen-bond donors (Lipinski definition) is 1. The molecular formula is C16H19NS. The molecule has 0 saturated carbocycles. The quantitative estimate of drug-likeness (QED) is 0.873. The lowest BCUT2D eigenvalue weighted by Gasteiger charge is -2.27. The van der Waals surface area contributed by atoms with E-state index in [0.717, 1.165) is 6.42 Å². The van der Waals surface area contributed by atoms with Gasteiger partial charge in [0.2, 0.25) is 0 Å². The Morgan fingerprint density at radius 1 is 1.28 bits per heavy atom. The van der Waals surface area contributed by atoms with E-state index >= 15 is 0 Å². The molecule has 0 aliphatic heterocycles. The van der Waals surface area contributed by atoms with Crippen molar-refractivity contribution >= 4 is 11.3 Å². The number of fused-ring (bicyclic) bond motifs is 1. The Kier molecular flexibility index (Phi) is 3.48. The molecule has 2 atom stereocenters. The lowest BCUT2D eigenvalue weighted by atomic mass is 9.79. The van der Waals surface area contributed by atoms with Gasteiger partial charge in [-0.25, -0.2) is 0 Å². The summed E-state index contributed by atoms with van der Waals surface area (Å²) in [4.78, 5) is 0. The summed E-state index contributed by atoms with van der Waals surface area (Å²) in [6.45, 7) is 0. The highest BCUT2D eigenvalue weighted by atomic mass is 32.1. The first-order chi connectivity index (χ1) is 8.84. The molecule has 2 unspecified atom stereocenters. The van der Waals surface area contributed by atoms with Gasteiger partial charge in [0.15, 0.2) is 0 Å². The molecule has 1 nitrogen and oxygen atoms in total. The van der Waals surface area contributed by atoms with Crippen LogP contribution in [0, 0.1) is 0 Å². The smallest absolute Gasteiger partial charge is 0.0308 e. The summed E-state index contributed by atoms with van der Waals surface area (Å²) in [6.07, 6.45) is 4.90. The minimum atomic E-state index is 0.187. The number of aryl methyl sites for hydroxylation is 1. The highest BCUT2D eigenvalue weighted by Gasteiger charge is 2.22. The van der Waals surface area contributed by atoms with E-state index in [2.05, 4.69) is 41.1 Å². The molecule has 0 fully saturated rings. The highest BCUT2D eigenvalue weighted by Crippen LogP contribution is 2.37. The molecule has 0 radical (unpaired) electrons. The summed E-state index contributed by atoms with van der Waals surface area (Å²) < 4.78 is 0. The van der Waals surface area contributed by atoms with Gasteiger partial charge in [-0.2, -0.15) is 11.3 Å². The minimum absolute atomic E-state index is 0.187. The summed E-state index contributed by atoms with van der Waals surface area (Å²) in [5.74, 6) is 0.643. The Morgan fingerprint density at radius 3 is 3.00 bits per heavy atom. The SMILES string of the molecule is NC(CC1CCCc2ccccc21)c1ccsc1. The van der Waals surface area contributed by atoms with Crippen molar-refractivity contribution in [3.63, 3.8) is 0 Å². The molecule has 3 rings (SSSR count). The van der Waals surface area contributed by atoms with E-state index in [4.69, 9.17) is 5.73 Å². The fraction of sp³-hybridized carbons (Fsp3) is 0.375. The normalized spacial score (nSPS) is 20.4. The Bertz CT molecular complexity index is 504. The van der Waals surface area contributed by atoms with Crippen molar-refractivity contribution in [2.24, 2.45) is 5.73 Å². The van der Waals surface area contributed by atoms with Crippen molar-refractivity contribution in [3.8, 4) is 0 Å². The zero-order chi connectivity index (χ0) is 12.4. The second-order valence-corrected chi connectivity index (χ2v) is 5.97. The van der Waals surface area contributed by atoms with E-state index in [1.165, 1.54) is 36.0 Å². The summed E-state index contributed by atoms with van der Waals surface area (Å²) in [5, 5.41) is 4.30. The number of hydrogen-bond acceptors (Lipinski definition) is 2. The second-order valence-electron chi connectivity index (χ2n) is 5.19. The Labute approximate surface area is 113 Å². The topological polar surface area (TPSA) is 26.0 Å². The van der Waals surface area contributed by atoms with E-state index in [1.807, 2.05) is 0 Å². The molecule has 1 aliphatic carbocycles. The Morgan fingerprint density at radius 2 is 2.17 bits per heavy atom. The average molecular weight is 257 g/mol. The van der Waals surface area contributed by atoms with E-state index in [1.54, 1.807) is 11.3 Å². The fourth-order valence-corrected chi connectivity index (χ4v) is 3.75. The van der Waals surface area contributed by atoms with Gasteiger partial charge in [0.1, 0.15) is 0 Å². The number of nitrogens with two attached hydrogens (primary N) is 1. The van der Waals surface area contributed by atoms with Crippen LogP contribution in [-0.4, -0.2) is 0 Å². The summed E-state index contributed by atoms with van der Waals surface area (Å²) >= 11 is 1.74. The van der Waals surface area contributed by atoms with Crippen LogP contribution in [0.2, 0.25) is 0 Å². The van der Waals surface area contributed by atoms with Gasteiger partial charge >= 0.3 is 0 Å². The molecule has 1 aromatic carbocycles. The third-order valence-electron chi connectivity index (χ3n) is 4.00.